The monoisotopic (exact) mass is 273 g/mol. The number of nitrogens with zero attached hydrogens (tertiary/aromatic N) is 1. The van der Waals surface area contributed by atoms with Gasteiger partial charge in [0.15, 0.2) is 0 Å². The Kier molecular flexibility index (Phi) is 9.16. The van der Waals surface area contributed by atoms with Gasteiger partial charge in [-0.25, -0.2) is 0 Å². The Balaban J connectivity index is 3.87. The van der Waals surface area contributed by atoms with Gasteiger partial charge in [-0.2, -0.15) is 0 Å². The third kappa shape index (κ3) is 7.79. The van der Waals surface area contributed by atoms with Crippen molar-refractivity contribution in [2.24, 2.45) is 11.7 Å². The van der Waals surface area contributed by atoms with Crippen molar-refractivity contribution in [3.63, 3.8) is 0 Å². The molecule has 0 rings (SSSR count). The highest BCUT2D eigenvalue weighted by Crippen LogP contribution is 1.99. The fraction of sp³-hybridized carbons (Fsp3) is 0.846. The van der Waals surface area contributed by atoms with Crippen LogP contribution in [0.15, 0.2) is 0 Å². The fourth-order valence-corrected chi connectivity index (χ4v) is 1.48. The van der Waals surface area contributed by atoms with Gasteiger partial charge in [0, 0.05) is 20.2 Å². The topological polar surface area (TPSA) is 95.7 Å². The van der Waals surface area contributed by atoms with Crippen molar-refractivity contribution in [3.05, 3.63) is 0 Å². The first kappa shape index (κ1) is 17.9. The molecule has 0 aromatic carbocycles. The van der Waals surface area contributed by atoms with Gasteiger partial charge in [-0.1, -0.05) is 13.8 Å². The summed E-state index contributed by atoms with van der Waals surface area (Å²) < 4.78 is 0. The summed E-state index contributed by atoms with van der Waals surface area (Å²) in [7, 11) is 1.70. The van der Waals surface area contributed by atoms with Crippen LogP contribution >= 0.6 is 0 Å². The largest absolute Gasteiger partial charge is 0.396 e. The second-order valence-electron chi connectivity index (χ2n) is 5.09. The Hall–Kier alpha value is -1.14. The van der Waals surface area contributed by atoms with E-state index in [1.165, 1.54) is 0 Å². The molecule has 0 saturated heterocycles. The van der Waals surface area contributed by atoms with E-state index in [2.05, 4.69) is 5.32 Å². The summed E-state index contributed by atoms with van der Waals surface area (Å²) >= 11 is 0. The van der Waals surface area contributed by atoms with E-state index in [4.69, 9.17) is 10.8 Å². The number of hydrogen-bond donors (Lipinski definition) is 3. The first-order valence-electron chi connectivity index (χ1n) is 6.78. The van der Waals surface area contributed by atoms with E-state index in [1.54, 1.807) is 11.9 Å². The summed E-state index contributed by atoms with van der Waals surface area (Å²) in [5, 5.41) is 11.2. The third-order valence-corrected chi connectivity index (χ3v) is 3.01. The lowest BCUT2D eigenvalue weighted by molar-refractivity contribution is -0.132. The highest BCUT2D eigenvalue weighted by Gasteiger charge is 2.18. The lowest BCUT2D eigenvalue weighted by atomic mass is 10.1. The molecule has 0 aliphatic heterocycles. The number of likely N-dealkylation sites (N-methyl/N-ethyl adjacent to an activating group) is 1. The maximum Gasteiger partial charge on any atom is 0.241 e. The molecule has 0 aromatic rings. The molecule has 0 aliphatic carbocycles. The number of hydrogen-bond acceptors (Lipinski definition) is 4. The van der Waals surface area contributed by atoms with E-state index in [0.717, 1.165) is 19.3 Å². The summed E-state index contributed by atoms with van der Waals surface area (Å²) in [6, 6.07) is -0.581. The molecule has 0 unspecified atom stereocenters. The molecule has 0 radical (unpaired) electrons. The molecule has 6 heteroatoms. The molecule has 1 atom stereocenters. The Morgan fingerprint density at radius 1 is 1.26 bits per heavy atom. The van der Waals surface area contributed by atoms with Crippen LogP contribution in [0, 0.1) is 5.92 Å². The van der Waals surface area contributed by atoms with Gasteiger partial charge in [-0.05, 0) is 25.2 Å². The molecule has 112 valence electrons. The smallest absolute Gasteiger partial charge is 0.241 e. The predicted molar refractivity (Wildman–Crippen MR) is 74.4 cm³/mol. The van der Waals surface area contributed by atoms with Crippen molar-refractivity contribution >= 4 is 11.8 Å². The lowest BCUT2D eigenvalue weighted by Gasteiger charge is -2.19. The quantitative estimate of drug-likeness (QED) is 0.503. The molecule has 0 heterocycles. The Morgan fingerprint density at radius 2 is 1.89 bits per heavy atom. The van der Waals surface area contributed by atoms with Gasteiger partial charge >= 0.3 is 0 Å². The molecule has 0 aromatic heterocycles. The minimum atomic E-state index is -0.581. The van der Waals surface area contributed by atoms with E-state index >= 15 is 0 Å². The highest BCUT2D eigenvalue weighted by molar-refractivity contribution is 5.87. The number of amides is 2. The van der Waals surface area contributed by atoms with Crippen LogP contribution in [0.2, 0.25) is 0 Å². The van der Waals surface area contributed by atoms with Crippen LogP contribution in [-0.2, 0) is 9.59 Å². The average molecular weight is 273 g/mol. The van der Waals surface area contributed by atoms with Crippen molar-refractivity contribution < 1.29 is 14.7 Å². The highest BCUT2D eigenvalue weighted by atomic mass is 16.3. The second-order valence-corrected chi connectivity index (χ2v) is 5.09. The minimum absolute atomic E-state index is 0.0181. The molecule has 0 aliphatic rings. The van der Waals surface area contributed by atoms with Crippen molar-refractivity contribution in [2.45, 2.75) is 39.2 Å². The van der Waals surface area contributed by atoms with Crippen molar-refractivity contribution in [2.75, 3.05) is 26.7 Å². The Labute approximate surface area is 115 Å². The number of rotatable bonds is 9. The van der Waals surface area contributed by atoms with E-state index in [0.29, 0.717) is 6.54 Å². The molecule has 2 amide bonds. The summed E-state index contributed by atoms with van der Waals surface area (Å²) in [6.07, 6.45) is 2.49. The van der Waals surface area contributed by atoms with Crippen molar-refractivity contribution in [3.8, 4) is 0 Å². The summed E-state index contributed by atoms with van der Waals surface area (Å²) in [5.74, 6) is -0.378. The van der Waals surface area contributed by atoms with E-state index < -0.39 is 6.04 Å². The zero-order valence-corrected chi connectivity index (χ0v) is 12.2. The van der Waals surface area contributed by atoms with Crippen molar-refractivity contribution in [1.29, 1.82) is 0 Å². The SMILES string of the molecule is CC(C)[C@H](N)C(=O)NCC(=O)N(C)CCCCCO. The van der Waals surface area contributed by atoms with Crippen LogP contribution in [-0.4, -0.2) is 54.6 Å². The van der Waals surface area contributed by atoms with Crippen LogP contribution in [0.4, 0.5) is 0 Å². The van der Waals surface area contributed by atoms with E-state index in [1.807, 2.05) is 13.8 Å². The van der Waals surface area contributed by atoms with Gasteiger partial charge in [0.05, 0.1) is 12.6 Å². The number of aliphatic hydroxyl groups is 1. The standard InChI is InChI=1S/C13H27N3O3/c1-10(2)12(14)13(19)15-9-11(18)16(3)7-5-4-6-8-17/h10,12,17H,4-9,14H2,1-3H3,(H,15,19)/t12-/m0/s1. The van der Waals surface area contributed by atoms with Gasteiger partial charge in [-0.15, -0.1) is 0 Å². The van der Waals surface area contributed by atoms with E-state index in [9.17, 15) is 9.59 Å². The number of nitrogens with two attached hydrogens (primary N) is 1. The molecule has 0 saturated carbocycles. The summed E-state index contributed by atoms with van der Waals surface area (Å²) in [6.45, 7) is 4.51. The normalized spacial score (nSPS) is 12.3. The van der Waals surface area contributed by atoms with Crippen molar-refractivity contribution in [1.82, 2.24) is 10.2 Å². The number of carbonyl (C=O) groups excluding carboxylic acids is 2. The van der Waals surface area contributed by atoms with Gasteiger partial charge < -0.3 is 21.1 Å². The molecular weight excluding hydrogens is 246 g/mol. The van der Waals surface area contributed by atoms with Crippen LogP contribution < -0.4 is 11.1 Å². The molecule has 19 heavy (non-hydrogen) atoms. The maximum absolute atomic E-state index is 11.7. The molecule has 0 fully saturated rings. The first-order chi connectivity index (χ1) is 8.90. The minimum Gasteiger partial charge on any atom is -0.396 e. The fourth-order valence-electron chi connectivity index (χ4n) is 1.48. The van der Waals surface area contributed by atoms with Gasteiger partial charge in [-0.3, -0.25) is 9.59 Å². The maximum atomic E-state index is 11.7. The first-order valence-corrected chi connectivity index (χ1v) is 6.78. The molecule has 4 N–H and O–H groups in total. The molecule has 0 spiro atoms. The van der Waals surface area contributed by atoms with E-state index in [-0.39, 0.29) is 30.9 Å². The number of nitrogens with one attached hydrogen (secondary N) is 1. The number of aliphatic hydroxyl groups excluding tert-OH is 1. The zero-order chi connectivity index (χ0) is 14.8. The summed E-state index contributed by atoms with van der Waals surface area (Å²) in [4.78, 5) is 24.9. The molecule has 0 bridgehead atoms. The molecular formula is C13H27N3O3. The van der Waals surface area contributed by atoms with Gasteiger partial charge in [0.1, 0.15) is 0 Å². The zero-order valence-electron chi connectivity index (χ0n) is 12.2. The van der Waals surface area contributed by atoms with Gasteiger partial charge in [0.25, 0.3) is 0 Å². The van der Waals surface area contributed by atoms with Crippen LogP contribution in [0.25, 0.3) is 0 Å². The number of carbonyl (C=O) groups is 2. The predicted octanol–water partition coefficient (Wildman–Crippen LogP) is -0.293. The van der Waals surface area contributed by atoms with Crippen LogP contribution in [0.3, 0.4) is 0 Å². The Bertz CT molecular complexity index is 282. The number of unbranched alkanes of at least 4 members (excludes halogenated alkanes) is 2. The average Bonchev–Trinajstić information content (AvgIpc) is 2.39. The molecule has 6 nitrogen and oxygen atoms in total. The summed E-state index contributed by atoms with van der Waals surface area (Å²) in [5.41, 5.74) is 5.68. The second kappa shape index (κ2) is 9.75. The van der Waals surface area contributed by atoms with Crippen LogP contribution in [0.5, 0.6) is 0 Å². The van der Waals surface area contributed by atoms with Gasteiger partial charge in [0.2, 0.25) is 11.8 Å². The lowest BCUT2D eigenvalue weighted by Crippen LogP contribution is -2.47. The Morgan fingerprint density at radius 3 is 2.42 bits per heavy atom. The third-order valence-electron chi connectivity index (χ3n) is 3.01. The van der Waals surface area contributed by atoms with Crippen LogP contribution in [0.1, 0.15) is 33.1 Å².